The highest BCUT2D eigenvalue weighted by atomic mass is 32.2. The number of rotatable bonds is 6. The SMILES string of the molecule is CCCN1CCC(NS(=O)(=O)c2cc(C(=O)O)cc3c2CCCC3)CC1. The number of carboxylic acid groups (broad SMARTS) is 1. The van der Waals surface area contributed by atoms with Crippen molar-refractivity contribution < 1.29 is 18.3 Å². The van der Waals surface area contributed by atoms with Gasteiger partial charge in [-0.1, -0.05) is 6.92 Å². The number of sulfonamides is 1. The van der Waals surface area contributed by atoms with Gasteiger partial charge < -0.3 is 10.0 Å². The molecule has 1 aromatic carbocycles. The predicted octanol–water partition coefficient (Wildman–Crippen LogP) is 2.42. The Morgan fingerprint density at radius 3 is 2.58 bits per heavy atom. The molecule has 26 heavy (non-hydrogen) atoms. The average Bonchev–Trinajstić information content (AvgIpc) is 2.62. The minimum atomic E-state index is -3.72. The maximum absolute atomic E-state index is 13.0. The number of hydrogen-bond acceptors (Lipinski definition) is 4. The third kappa shape index (κ3) is 4.27. The van der Waals surface area contributed by atoms with E-state index in [1.807, 2.05) is 0 Å². The number of aryl methyl sites for hydroxylation is 1. The van der Waals surface area contributed by atoms with E-state index in [0.717, 1.165) is 69.3 Å². The van der Waals surface area contributed by atoms with Crippen molar-refractivity contribution >= 4 is 16.0 Å². The van der Waals surface area contributed by atoms with Gasteiger partial charge in [-0.25, -0.2) is 17.9 Å². The summed E-state index contributed by atoms with van der Waals surface area (Å²) < 4.78 is 28.9. The summed E-state index contributed by atoms with van der Waals surface area (Å²) in [4.78, 5) is 14.0. The fraction of sp³-hybridized carbons (Fsp3) is 0.632. The first kappa shape index (κ1) is 19.3. The number of aromatic carboxylic acids is 1. The Morgan fingerprint density at radius 1 is 1.23 bits per heavy atom. The van der Waals surface area contributed by atoms with E-state index >= 15 is 0 Å². The number of nitrogens with zero attached hydrogens (tertiary/aromatic N) is 1. The molecule has 0 radical (unpaired) electrons. The average molecular weight is 381 g/mol. The van der Waals surface area contributed by atoms with Gasteiger partial charge in [-0.2, -0.15) is 0 Å². The Balaban J connectivity index is 1.83. The molecular formula is C19H28N2O4S. The maximum atomic E-state index is 13.0. The van der Waals surface area contributed by atoms with E-state index in [4.69, 9.17) is 0 Å². The lowest BCUT2D eigenvalue weighted by Crippen LogP contribution is -2.45. The summed E-state index contributed by atoms with van der Waals surface area (Å²) in [5.41, 5.74) is 1.73. The van der Waals surface area contributed by atoms with E-state index in [1.54, 1.807) is 6.07 Å². The van der Waals surface area contributed by atoms with Crippen LogP contribution in [0.4, 0.5) is 0 Å². The standard InChI is InChI=1S/C19H28N2O4S/c1-2-9-21-10-7-16(8-11-21)20-26(24,25)18-13-15(19(22)23)12-14-5-3-4-6-17(14)18/h12-13,16,20H,2-11H2,1H3,(H,22,23). The Hall–Kier alpha value is -1.44. The van der Waals surface area contributed by atoms with Crippen molar-refractivity contribution in [1.29, 1.82) is 0 Å². The highest BCUT2D eigenvalue weighted by Crippen LogP contribution is 2.30. The normalized spacial score (nSPS) is 19.3. The molecule has 1 saturated heterocycles. The van der Waals surface area contributed by atoms with E-state index in [9.17, 15) is 18.3 Å². The number of nitrogens with one attached hydrogen (secondary N) is 1. The summed E-state index contributed by atoms with van der Waals surface area (Å²) in [6, 6.07) is 2.89. The number of likely N-dealkylation sites (tertiary alicyclic amines) is 1. The highest BCUT2D eigenvalue weighted by molar-refractivity contribution is 7.89. The molecule has 1 fully saturated rings. The number of fused-ring (bicyclic) bond motifs is 1. The molecule has 0 amide bonds. The van der Waals surface area contributed by atoms with Gasteiger partial charge in [-0.3, -0.25) is 0 Å². The molecule has 2 N–H and O–H groups in total. The topological polar surface area (TPSA) is 86.7 Å². The molecule has 0 atom stereocenters. The molecule has 0 aromatic heterocycles. The minimum absolute atomic E-state index is 0.0591. The Bertz CT molecular complexity index is 768. The van der Waals surface area contributed by atoms with Gasteiger partial charge in [0.1, 0.15) is 0 Å². The third-order valence-electron chi connectivity index (χ3n) is 5.41. The molecule has 6 nitrogen and oxygen atoms in total. The van der Waals surface area contributed by atoms with Crippen LogP contribution in [0.3, 0.4) is 0 Å². The fourth-order valence-corrected chi connectivity index (χ4v) is 5.71. The first-order chi connectivity index (χ1) is 12.4. The smallest absolute Gasteiger partial charge is 0.335 e. The first-order valence-corrected chi connectivity index (χ1v) is 11.0. The van der Waals surface area contributed by atoms with Crippen LogP contribution in [-0.2, 0) is 22.9 Å². The molecule has 7 heteroatoms. The van der Waals surface area contributed by atoms with Crippen molar-refractivity contribution in [2.45, 2.75) is 62.8 Å². The Kier molecular flexibility index (Phi) is 5.99. The molecule has 3 rings (SSSR count). The molecular weight excluding hydrogens is 352 g/mol. The third-order valence-corrected chi connectivity index (χ3v) is 7.00. The van der Waals surface area contributed by atoms with Gasteiger partial charge in [-0.05, 0) is 87.8 Å². The molecule has 1 aliphatic carbocycles. The van der Waals surface area contributed by atoms with Crippen molar-refractivity contribution in [2.75, 3.05) is 19.6 Å². The number of benzene rings is 1. The number of hydrogen-bond donors (Lipinski definition) is 2. The summed E-state index contributed by atoms with van der Waals surface area (Å²) in [6.45, 7) is 4.99. The lowest BCUT2D eigenvalue weighted by atomic mass is 9.90. The van der Waals surface area contributed by atoms with Crippen LogP contribution in [0.15, 0.2) is 17.0 Å². The van der Waals surface area contributed by atoms with E-state index in [1.165, 1.54) is 6.07 Å². The molecule has 0 saturated carbocycles. The second kappa shape index (κ2) is 8.06. The maximum Gasteiger partial charge on any atom is 0.335 e. The molecule has 1 heterocycles. The van der Waals surface area contributed by atoms with Crippen LogP contribution in [0, 0.1) is 0 Å². The molecule has 0 spiro atoms. The van der Waals surface area contributed by atoms with E-state index < -0.39 is 16.0 Å². The summed E-state index contributed by atoms with van der Waals surface area (Å²) in [6.07, 6.45) is 6.04. The van der Waals surface area contributed by atoms with Gasteiger partial charge in [-0.15, -0.1) is 0 Å². The van der Waals surface area contributed by atoms with E-state index in [-0.39, 0.29) is 16.5 Å². The minimum Gasteiger partial charge on any atom is -0.478 e. The van der Waals surface area contributed by atoms with Gasteiger partial charge in [0.15, 0.2) is 0 Å². The first-order valence-electron chi connectivity index (χ1n) is 9.54. The van der Waals surface area contributed by atoms with Crippen LogP contribution in [0.25, 0.3) is 0 Å². The molecule has 144 valence electrons. The highest BCUT2D eigenvalue weighted by Gasteiger charge is 2.29. The van der Waals surface area contributed by atoms with E-state index in [0.29, 0.717) is 6.42 Å². The summed E-state index contributed by atoms with van der Waals surface area (Å²) >= 11 is 0. The zero-order chi connectivity index (χ0) is 18.7. The predicted molar refractivity (Wildman–Crippen MR) is 100 cm³/mol. The van der Waals surface area contributed by atoms with E-state index in [2.05, 4.69) is 16.5 Å². The number of piperidine rings is 1. The quantitative estimate of drug-likeness (QED) is 0.791. The van der Waals surface area contributed by atoms with Crippen LogP contribution in [0.1, 0.15) is 60.5 Å². The van der Waals surface area contributed by atoms with Gasteiger partial charge in [0.2, 0.25) is 10.0 Å². The van der Waals surface area contributed by atoms with Gasteiger partial charge in [0, 0.05) is 6.04 Å². The Morgan fingerprint density at radius 2 is 1.92 bits per heavy atom. The molecule has 0 bridgehead atoms. The molecule has 1 aromatic rings. The lowest BCUT2D eigenvalue weighted by Gasteiger charge is -2.32. The largest absolute Gasteiger partial charge is 0.478 e. The number of carbonyl (C=O) groups is 1. The van der Waals surface area contributed by atoms with Crippen LogP contribution in [-0.4, -0.2) is 50.1 Å². The summed E-state index contributed by atoms with van der Waals surface area (Å²) in [5, 5.41) is 9.36. The van der Waals surface area contributed by atoms with Gasteiger partial charge in [0.05, 0.1) is 10.5 Å². The zero-order valence-corrected chi connectivity index (χ0v) is 16.1. The van der Waals surface area contributed by atoms with Crippen LogP contribution in [0.5, 0.6) is 0 Å². The van der Waals surface area contributed by atoms with Crippen molar-refractivity contribution in [3.05, 3.63) is 28.8 Å². The van der Waals surface area contributed by atoms with Crippen molar-refractivity contribution in [3.63, 3.8) is 0 Å². The second-order valence-electron chi connectivity index (χ2n) is 7.36. The van der Waals surface area contributed by atoms with Crippen LogP contribution in [0.2, 0.25) is 0 Å². The summed E-state index contributed by atoms with van der Waals surface area (Å²) in [7, 11) is -3.72. The summed E-state index contributed by atoms with van der Waals surface area (Å²) in [5.74, 6) is -1.08. The lowest BCUT2D eigenvalue weighted by molar-refractivity contribution is 0.0696. The van der Waals surface area contributed by atoms with Crippen molar-refractivity contribution in [1.82, 2.24) is 9.62 Å². The van der Waals surface area contributed by atoms with Gasteiger partial charge >= 0.3 is 5.97 Å². The second-order valence-corrected chi connectivity index (χ2v) is 9.04. The Labute approximate surface area is 155 Å². The van der Waals surface area contributed by atoms with Crippen LogP contribution >= 0.6 is 0 Å². The zero-order valence-electron chi connectivity index (χ0n) is 15.3. The number of carboxylic acids is 1. The molecule has 0 unspecified atom stereocenters. The monoisotopic (exact) mass is 380 g/mol. The molecule has 1 aliphatic heterocycles. The van der Waals surface area contributed by atoms with Gasteiger partial charge in [0.25, 0.3) is 0 Å². The van der Waals surface area contributed by atoms with Crippen molar-refractivity contribution in [3.8, 4) is 0 Å². The van der Waals surface area contributed by atoms with Crippen LogP contribution < -0.4 is 4.72 Å². The van der Waals surface area contributed by atoms with Crippen molar-refractivity contribution in [2.24, 2.45) is 0 Å². The molecule has 2 aliphatic rings. The fourth-order valence-electron chi connectivity index (χ4n) is 4.06.